The summed E-state index contributed by atoms with van der Waals surface area (Å²) in [6.07, 6.45) is 4.84. The van der Waals surface area contributed by atoms with Gasteiger partial charge in [-0.15, -0.1) is 0 Å². The SMILES string of the molecule is CCc1c(-n2ccnc2-c2ccccc2)c(C(C)C)cc2c1oc1ccccc12. The summed E-state index contributed by atoms with van der Waals surface area (Å²) in [5.74, 6) is 1.33. The standard InChI is InChI=1S/C26H24N2O/c1-4-19-24(28-15-14-27-26(28)18-10-6-5-7-11-18)21(17(2)3)16-22-20-12-8-9-13-23(20)29-25(19)22/h5-17H,4H2,1-3H3. The van der Waals surface area contributed by atoms with E-state index in [-0.39, 0.29) is 0 Å². The number of furan rings is 1. The van der Waals surface area contributed by atoms with E-state index in [1.807, 2.05) is 18.3 Å². The highest BCUT2D eigenvalue weighted by molar-refractivity contribution is 6.07. The van der Waals surface area contributed by atoms with Crippen LogP contribution in [-0.2, 0) is 6.42 Å². The Labute approximate surface area is 170 Å². The molecule has 0 bridgehead atoms. The van der Waals surface area contributed by atoms with E-state index in [1.165, 1.54) is 27.6 Å². The van der Waals surface area contributed by atoms with Crippen molar-refractivity contribution in [3.63, 3.8) is 0 Å². The minimum Gasteiger partial charge on any atom is -0.456 e. The van der Waals surface area contributed by atoms with Crippen LogP contribution in [0.1, 0.15) is 37.8 Å². The van der Waals surface area contributed by atoms with Gasteiger partial charge in [0.2, 0.25) is 0 Å². The van der Waals surface area contributed by atoms with Crippen molar-refractivity contribution in [2.24, 2.45) is 0 Å². The number of para-hydroxylation sites is 1. The first-order valence-corrected chi connectivity index (χ1v) is 10.2. The van der Waals surface area contributed by atoms with Gasteiger partial charge in [0.15, 0.2) is 0 Å². The summed E-state index contributed by atoms with van der Waals surface area (Å²) in [5.41, 5.74) is 6.79. The van der Waals surface area contributed by atoms with Crippen molar-refractivity contribution in [2.75, 3.05) is 0 Å². The van der Waals surface area contributed by atoms with Gasteiger partial charge in [-0.3, -0.25) is 4.57 Å². The smallest absolute Gasteiger partial charge is 0.144 e. The van der Waals surface area contributed by atoms with Crippen LogP contribution in [-0.4, -0.2) is 9.55 Å². The lowest BCUT2D eigenvalue weighted by Gasteiger charge is -2.20. The van der Waals surface area contributed by atoms with Crippen LogP contribution in [0.3, 0.4) is 0 Å². The molecule has 0 saturated carbocycles. The van der Waals surface area contributed by atoms with E-state index in [1.54, 1.807) is 0 Å². The molecular weight excluding hydrogens is 356 g/mol. The zero-order valence-electron chi connectivity index (χ0n) is 17.0. The molecule has 5 aromatic rings. The van der Waals surface area contributed by atoms with Crippen LogP contribution in [0.25, 0.3) is 39.0 Å². The molecule has 0 aliphatic carbocycles. The third kappa shape index (κ3) is 2.77. The molecule has 29 heavy (non-hydrogen) atoms. The molecule has 0 N–H and O–H groups in total. The third-order valence-corrected chi connectivity index (χ3v) is 5.66. The fraction of sp³-hybridized carbons (Fsp3) is 0.192. The lowest BCUT2D eigenvalue weighted by atomic mass is 9.93. The predicted molar refractivity (Wildman–Crippen MR) is 120 cm³/mol. The molecule has 3 heteroatoms. The number of aryl methyl sites for hydroxylation is 1. The van der Waals surface area contributed by atoms with Crippen LogP contribution in [0.15, 0.2) is 77.5 Å². The molecule has 3 nitrogen and oxygen atoms in total. The van der Waals surface area contributed by atoms with Gasteiger partial charge < -0.3 is 4.42 Å². The Kier molecular flexibility index (Phi) is 4.24. The Morgan fingerprint density at radius 3 is 2.48 bits per heavy atom. The lowest BCUT2D eigenvalue weighted by molar-refractivity contribution is 0.662. The van der Waals surface area contributed by atoms with E-state index in [0.29, 0.717) is 5.92 Å². The van der Waals surface area contributed by atoms with Crippen molar-refractivity contribution in [3.05, 3.63) is 84.2 Å². The Hall–Kier alpha value is -3.33. The summed E-state index contributed by atoms with van der Waals surface area (Å²) in [6.45, 7) is 6.71. The average Bonchev–Trinajstić information content (AvgIpc) is 3.37. The van der Waals surface area contributed by atoms with Gasteiger partial charge in [0, 0.05) is 34.3 Å². The van der Waals surface area contributed by atoms with Gasteiger partial charge in [0.05, 0.1) is 5.69 Å². The van der Waals surface area contributed by atoms with Crippen LogP contribution in [0, 0.1) is 0 Å². The topological polar surface area (TPSA) is 31.0 Å². The third-order valence-electron chi connectivity index (χ3n) is 5.66. The zero-order chi connectivity index (χ0) is 20.0. The fourth-order valence-electron chi connectivity index (χ4n) is 4.28. The fourth-order valence-corrected chi connectivity index (χ4v) is 4.28. The number of imidazole rings is 1. The monoisotopic (exact) mass is 380 g/mol. The highest BCUT2D eigenvalue weighted by atomic mass is 16.3. The van der Waals surface area contributed by atoms with Crippen molar-refractivity contribution in [1.29, 1.82) is 0 Å². The van der Waals surface area contributed by atoms with Crippen LogP contribution in [0.5, 0.6) is 0 Å². The number of aromatic nitrogens is 2. The van der Waals surface area contributed by atoms with E-state index in [0.717, 1.165) is 29.0 Å². The number of rotatable bonds is 4. The van der Waals surface area contributed by atoms with Crippen molar-refractivity contribution in [1.82, 2.24) is 9.55 Å². The molecule has 0 fully saturated rings. The van der Waals surface area contributed by atoms with E-state index in [2.05, 4.69) is 80.1 Å². The Bertz CT molecular complexity index is 1310. The number of nitrogens with zero attached hydrogens (tertiary/aromatic N) is 2. The molecule has 2 aromatic heterocycles. The molecule has 0 spiro atoms. The van der Waals surface area contributed by atoms with Gasteiger partial charge in [0.25, 0.3) is 0 Å². The largest absolute Gasteiger partial charge is 0.456 e. The Balaban J connectivity index is 1.88. The molecule has 0 saturated heterocycles. The number of fused-ring (bicyclic) bond motifs is 3. The summed E-state index contributed by atoms with van der Waals surface area (Å²) in [7, 11) is 0. The van der Waals surface area contributed by atoms with Crippen LogP contribution in [0.2, 0.25) is 0 Å². The Morgan fingerprint density at radius 2 is 1.72 bits per heavy atom. The molecule has 0 amide bonds. The molecule has 2 heterocycles. The van der Waals surface area contributed by atoms with E-state index >= 15 is 0 Å². The second-order valence-corrected chi connectivity index (χ2v) is 7.76. The van der Waals surface area contributed by atoms with E-state index < -0.39 is 0 Å². The molecule has 3 aromatic carbocycles. The molecule has 0 radical (unpaired) electrons. The van der Waals surface area contributed by atoms with E-state index in [4.69, 9.17) is 9.40 Å². The summed E-state index contributed by atoms with van der Waals surface area (Å²) < 4.78 is 8.59. The van der Waals surface area contributed by atoms with Gasteiger partial charge in [-0.25, -0.2) is 4.98 Å². The minimum atomic E-state index is 0.374. The maximum atomic E-state index is 6.36. The van der Waals surface area contributed by atoms with Gasteiger partial charge in [-0.1, -0.05) is 69.3 Å². The van der Waals surface area contributed by atoms with Crippen molar-refractivity contribution in [2.45, 2.75) is 33.1 Å². The van der Waals surface area contributed by atoms with Crippen molar-refractivity contribution >= 4 is 21.9 Å². The van der Waals surface area contributed by atoms with Crippen LogP contribution in [0.4, 0.5) is 0 Å². The van der Waals surface area contributed by atoms with Crippen LogP contribution >= 0.6 is 0 Å². The number of hydrogen-bond donors (Lipinski definition) is 0. The summed E-state index contributed by atoms with van der Waals surface area (Å²) in [5, 5.41) is 2.38. The van der Waals surface area contributed by atoms with Crippen LogP contribution < -0.4 is 0 Å². The zero-order valence-corrected chi connectivity index (χ0v) is 17.0. The van der Waals surface area contributed by atoms with Gasteiger partial charge in [-0.2, -0.15) is 0 Å². The number of hydrogen-bond acceptors (Lipinski definition) is 2. The highest BCUT2D eigenvalue weighted by Gasteiger charge is 2.22. The molecule has 0 unspecified atom stereocenters. The summed E-state index contributed by atoms with van der Waals surface area (Å²) in [4.78, 5) is 4.69. The molecule has 0 aliphatic heterocycles. The maximum Gasteiger partial charge on any atom is 0.144 e. The first-order valence-electron chi connectivity index (χ1n) is 10.2. The summed E-state index contributed by atoms with van der Waals surface area (Å²) in [6, 6.07) is 21.0. The second kappa shape index (κ2) is 6.93. The Morgan fingerprint density at radius 1 is 0.966 bits per heavy atom. The predicted octanol–water partition coefficient (Wildman–Crippen LogP) is 7.12. The minimum absolute atomic E-state index is 0.374. The van der Waals surface area contributed by atoms with Crippen molar-refractivity contribution < 1.29 is 4.42 Å². The quantitative estimate of drug-likeness (QED) is 0.332. The number of benzene rings is 3. The van der Waals surface area contributed by atoms with E-state index in [9.17, 15) is 0 Å². The lowest BCUT2D eigenvalue weighted by Crippen LogP contribution is -2.07. The molecule has 5 rings (SSSR count). The maximum absolute atomic E-state index is 6.36. The summed E-state index contributed by atoms with van der Waals surface area (Å²) >= 11 is 0. The second-order valence-electron chi connectivity index (χ2n) is 7.76. The molecular formula is C26H24N2O. The normalized spacial score (nSPS) is 11.7. The molecule has 0 aliphatic rings. The molecule has 0 atom stereocenters. The van der Waals surface area contributed by atoms with Gasteiger partial charge in [0.1, 0.15) is 17.0 Å². The van der Waals surface area contributed by atoms with Gasteiger partial charge >= 0.3 is 0 Å². The molecule has 144 valence electrons. The first kappa shape index (κ1) is 17.7. The van der Waals surface area contributed by atoms with Crippen molar-refractivity contribution in [3.8, 4) is 17.1 Å². The van der Waals surface area contributed by atoms with Gasteiger partial charge in [-0.05, 0) is 30.0 Å². The highest BCUT2D eigenvalue weighted by Crippen LogP contribution is 2.39. The first-order chi connectivity index (χ1) is 14.2. The average molecular weight is 380 g/mol.